The summed E-state index contributed by atoms with van der Waals surface area (Å²) < 4.78 is 0. The van der Waals surface area contributed by atoms with E-state index in [1.54, 1.807) is 29.2 Å². The van der Waals surface area contributed by atoms with Crippen molar-refractivity contribution in [1.29, 1.82) is 0 Å². The molecule has 0 spiro atoms. The summed E-state index contributed by atoms with van der Waals surface area (Å²) in [6.45, 7) is 4.85. The fraction of sp³-hybridized carbons (Fsp3) is 0.391. The summed E-state index contributed by atoms with van der Waals surface area (Å²) in [5, 5.41) is 4.55. The zero-order valence-corrected chi connectivity index (χ0v) is 20.8. The smallest absolute Gasteiger partial charge is 0.242 e. The molecule has 0 unspecified atom stereocenters. The van der Waals surface area contributed by atoms with Gasteiger partial charge in [-0.3, -0.25) is 9.59 Å². The van der Waals surface area contributed by atoms with E-state index in [-0.39, 0.29) is 17.6 Å². The van der Waals surface area contributed by atoms with Gasteiger partial charge in [0, 0.05) is 23.9 Å². The molecule has 0 saturated carbocycles. The molecule has 168 valence electrons. The molecule has 2 aromatic rings. The average molecular weight is 502 g/mol. The molecule has 0 fully saturated rings. The van der Waals surface area contributed by atoms with Crippen molar-refractivity contribution in [2.45, 2.75) is 45.0 Å². The van der Waals surface area contributed by atoms with Crippen molar-refractivity contribution in [3.8, 4) is 0 Å². The van der Waals surface area contributed by atoms with Crippen LogP contribution in [-0.2, 0) is 21.9 Å². The molecule has 0 heterocycles. The quantitative estimate of drug-likeness (QED) is 0.398. The van der Waals surface area contributed by atoms with Crippen LogP contribution in [0.1, 0.15) is 37.8 Å². The van der Waals surface area contributed by atoms with Crippen LogP contribution >= 0.6 is 46.6 Å². The van der Waals surface area contributed by atoms with E-state index < -0.39 is 6.04 Å². The van der Waals surface area contributed by atoms with Crippen LogP contribution in [0.25, 0.3) is 0 Å². The average Bonchev–Trinajstić information content (AvgIpc) is 2.75. The fourth-order valence-corrected chi connectivity index (χ4v) is 4.34. The van der Waals surface area contributed by atoms with Crippen LogP contribution in [-0.4, -0.2) is 35.1 Å². The zero-order valence-electron chi connectivity index (χ0n) is 17.7. The number of benzene rings is 2. The number of carbonyl (C=O) groups is 2. The Labute approximate surface area is 203 Å². The molecule has 1 N–H and O–H groups in total. The van der Waals surface area contributed by atoms with Gasteiger partial charge in [-0.2, -0.15) is 0 Å². The molecule has 0 aliphatic carbocycles. The predicted molar refractivity (Wildman–Crippen MR) is 132 cm³/mol. The van der Waals surface area contributed by atoms with Gasteiger partial charge in [-0.15, -0.1) is 11.8 Å². The summed E-state index contributed by atoms with van der Waals surface area (Å²) in [5.74, 6) is 0.668. The summed E-state index contributed by atoms with van der Waals surface area (Å²) >= 11 is 19.5. The predicted octanol–water partition coefficient (Wildman–Crippen LogP) is 6.21. The van der Waals surface area contributed by atoms with Crippen LogP contribution in [0.4, 0.5) is 0 Å². The SMILES string of the molecule is CCCNC(=O)[C@@H](CC)N(Cc1ccc(Cl)cc1)C(=O)CSCc1ccc(Cl)c(Cl)c1. The lowest BCUT2D eigenvalue weighted by Crippen LogP contribution is -2.49. The van der Waals surface area contributed by atoms with Gasteiger partial charge < -0.3 is 10.2 Å². The minimum absolute atomic E-state index is 0.0847. The molecule has 4 nitrogen and oxygen atoms in total. The lowest BCUT2D eigenvalue weighted by Gasteiger charge is -2.30. The Morgan fingerprint density at radius 3 is 2.29 bits per heavy atom. The van der Waals surface area contributed by atoms with E-state index in [1.807, 2.05) is 32.0 Å². The second-order valence-corrected chi connectivity index (χ2v) is 9.34. The highest BCUT2D eigenvalue weighted by Gasteiger charge is 2.28. The lowest BCUT2D eigenvalue weighted by molar-refractivity contribution is -0.139. The number of hydrogen-bond acceptors (Lipinski definition) is 3. The molecule has 2 aromatic carbocycles. The van der Waals surface area contributed by atoms with E-state index in [0.29, 0.717) is 40.3 Å². The molecule has 1 atom stereocenters. The number of nitrogens with one attached hydrogen (secondary N) is 1. The number of hydrogen-bond donors (Lipinski definition) is 1. The molecular formula is C23H27Cl3N2O2S. The Kier molecular flexibility index (Phi) is 11.0. The number of rotatable bonds is 11. The monoisotopic (exact) mass is 500 g/mol. The minimum atomic E-state index is -0.527. The maximum Gasteiger partial charge on any atom is 0.242 e. The molecule has 0 bridgehead atoms. The van der Waals surface area contributed by atoms with E-state index in [4.69, 9.17) is 34.8 Å². The normalized spacial score (nSPS) is 11.8. The highest BCUT2D eigenvalue weighted by Crippen LogP contribution is 2.25. The summed E-state index contributed by atoms with van der Waals surface area (Å²) in [6.07, 6.45) is 1.37. The van der Waals surface area contributed by atoms with Crippen LogP contribution in [0.3, 0.4) is 0 Å². The molecule has 8 heteroatoms. The van der Waals surface area contributed by atoms with Crippen LogP contribution in [0.5, 0.6) is 0 Å². The number of carbonyl (C=O) groups excluding carboxylic acids is 2. The molecule has 0 aromatic heterocycles. The third kappa shape index (κ3) is 8.23. The summed E-state index contributed by atoms with van der Waals surface area (Å²) in [5.41, 5.74) is 1.91. The van der Waals surface area contributed by atoms with Gasteiger partial charge in [0.25, 0.3) is 0 Å². The first-order chi connectivity index (χ1) is 14.8. The summed E-state index contributed by atoms with van der Waals surface area (Å²) in [6, 6.07) is 12.3. The van der Waals surface area contributed by atoms with Gasteiger partial charge in [0.05, 0.1) is 15.8 Å². The number of amides is 2. The first-order valence-electron chi connectivity index (χ1n) is 10.2. The number of thioether (sulfide) groups is 1. The summed E-state index contributed by atoms with van der Waals surface area (Å²) in [4.78, 5) is 27.5. The second kappa shape index (κ2) is 13.2. The first kappa shape index (κ1) is 25.9. The van der Waals surface area contributed by atoms with Crippen LogP contribution in [0.15, 0.2) is 42.5 Å². The Morgan fingerprint density at radius 1 is 1.00 bits per heavy atom. The third-order valence-electron chi connectivity index (χ3n) is 4.68. The number of nitrogens with zero attached hydrogens (tertiary/aromatic N) is 1. The minimum Gasteiger partial charge on any atom is -0.354 e. The van der Waals surface area contributed by atoms with Crippen LogP contribution in [0.2, 0.25) is 15.1 Å². The molecule has 31 heavy (non-hydrogen) atoms. The Morgan fingerprint density at radius 2 is 1.68 bits per heavy atom. The van der Waals surface area contributed by atoms with E-state index >= 15 is 0 Å². The van der Waals surface area contributed by atoms with E-state index in [1.165, 1.54) is 11.8 Å². The van der Waals surface area contributed by atoms with Crippen molar-refractivity contribution in [3.63, 3.8) is 0 Å². The van der Waals surface area contributed by atoms with Crippen molar-refractivity contribution in [3.05, 3.63) is 68.7 Å². The molecule has 2 amide bonds. The zero-order chi connectivity index (χ0) is 22.8. The van der Waals surface area contributed by atoms with Gasteiger partial charge >= 0.3 is 0 Å². The standard InChI is InChI=1S/C23H27Cl3N2O2S/c1-3-11-27-23(30)21(4-2)28(13-16-5-8-18(24)9-6-16)22(29)15-31-14-17-7-10-19(25)20(26)12-17/h5-10,12,21H,3-4,11,13-15H2,1-2H3,(H,27,30)/t21-/m1/s1. The van der Waals surface area contributed by atoms with E-state index in [2.05, 4.69) is 5.32 Å². The first-order valence-corrected chi connectivity index (χ1v) is 12.5. The maximum atomic E-state index is 13.2. The van der Waals surface area contributed by atoms with Gasteiger partial charge in [0.15, 0.2) is 0 Å². The van der Waals surface area contributed by atoms with Crippen molar-refractivity contribution in [2.24, 2.45) is 0 Å². The number of halogens is 3. The second-order valence-electron chi connectivity index (χ2n) is 7.10. The summed E-state index contributed by atoms with van der Waals surface area (Å²) in [7, 11) is 0. The molecule has 2 rings (SSSR count). The van der Waals surface area contributed by atoms with Crippen molar-refractivity contribution >= 4 is 58.4 Å². The van der Waals surface area contributed by atoms with Crippen LogP contribution < -0.4 is 5.32 Å². The highest BCUT2D eigenvalue weighted by molar-refractivity contribution is 7.99. The molecular weight excluding hydrogens is 475 g/mol. The Balaban J connectivity index is 2.10. The topological polar surface area (TPSA) is 49.4 Å². The van der Waals surface area contributed by atoms with Gasteiger partial charge in [-0.1, -0.05) is 66.8 Å². The fourth-order valence-electron chi connectivity index (χ4n) is 3.04. The van der Waals surface area contributed by atoms with Crippen LogP contribution in [0, 0.1) is 0 Å². The van der Waals surface area contributed by atoms with Crippen molar-refractivity contribution in [1.82, 2.24) is 10.2 Å². The molecule has 0 aliphatic rings. The van der Waals surface area contributed by atoms with Gasteiger partial charge in [0.1, 0.15) is 6.04 Å². The van der Waals surface area contributed by atoms with Gasteiger partial charge in [-0.05, 0) is 48.2 Å². The molecule has 0 saturated heterocycles. The van der Waals surface area contributed by atoms with E-state index in [9.17, 15) is 9.59 Å². The Bertz CT molecular complexity index is 878. The van der Waals surface area contributed by atoms with E-state index in [0.717, 1.165) is 17.5 Å². The van der Waals surface area contributed by atoms with Gasteiger partial charge in [0.2, 0.25) is 11.8 Å². The molecule has 0 radical (unpaired) electrons. The highest BCUT2D eigenvalue weighted by atomic mass is 35.5. The lowest BCUT2D eigenvalue weighted by atomic mass is 10.1. The van der Waals surface area contributed by atoms with Crippen molar-refractivity contribution in [2.75, 3.05) is 12.3 Å². The third-order valence-corrected chi connectivity index (χ3v) is 6.66. The van der Waals surface area contributed by atoms with Gasteiger partial charge in [-0.25, -0.2) is 0 Å². The Hall–Kier alpha value is -1.40. The maximum absolute atomic E-state index is 13.2. The van der Waals surface area contributed by atoms with Crippen molar-refractivity contribution < 1.29 is 9.59 Å². The molecule has 0 aliphatic heterocycles. The largest absolute Gasteiger partial charge is 0.354 e.